The third-order valence-corrected chi connectivity index (χ3v) is 2.69. The Labute approximate surface area is 85.4 Å². The van der Waals surface area contributed by atoms with E-state index in [2.05, 4.69) is 4.98 Å². The van der Waals surface area contributed by atoms with Crippen LogP contribution in [0.25, 0.3) is 0 Å². The van der Waals surface area contributed by atoms with Gasteiger partial charge in [-0.25, -0.2) is 4.98 Å². The van der Waals surface area contributed by atoms with Gasteiger partial charge in [0.15, 0.2) is 0 Å². The first kappa shape index (κ1) is 9.15. The molecule has 0 saturated heterocycles. The highest BCUT2D eigenvalue weighted by Crippen LogP contribution is 2.14. The lowest BCUT2D eigenvalue weighted by Gasteiger charge is -1.90. The van der Waals surface area contributed by atoms with Gasteiger partial charge in [-0.1, -0.05) is 0 Å². The second-order valence-corrected chi connectivity index (χ2v) is 3.80. The molecule has 0 aliphatic carbocycles. The number of aromatic nitrogens is 1. The summed E-state index contributed by atoms with van der Waals surface area (Å²) in [6.45, 7) is 0. The highest BCUT2D eigenvalue weighted by atomic mass is 32.1. The third kappa shape index (κ3) is 2.09. The minimum atomic E-state index is 0.397. The van der Waals surface area contributed by atoms with Gasteiger partial charge in [0.05, 0.1) is 18.4 Å². The fraction of sp³-hybridized carbons (Fsp3) is 0.200. The number of aldehydes is 1. The lowest BCUT2D eigenvalue weighted by Crippen LogP contribution is -1.88. The average molecular weight is 207 g/mol. The fourth-order valence-electron chi connectivity index (χ4n) is 1.17. The number of hydrogen-bond acceptors (Lipinski definition) is 4. The molecule has 0 aliphatic rings. The van der Waals surface area contributed by atoms with Gasteiger partial charge in [0.1, 0.15) is 17.1 Å². The van der Waals surface area contributed by atoms with Crippen LogP contribution in [0, 0.1) is 0 Å². The predicted octanol–water partition coefficient (Wildman–Crippen LogP) is 2.07. The van der Waals surface area contributed by atoms with Crippen molar-refractivity contribution >= 4 is 17.6 Å². The summed E-state index contributed by atoms with van der Waals surface area (Å²) < 4.78 is 5.20. The lowest BCUT2D eigenvalue weighted by molar-refractivity contribution is -0.107. The molecule has 0 radical (unpaired) electrons. The van der Waals surface area contributed by atoms with Gasteiger partial charge in [-0.05, 0) is 12.1 Å². The molecule has 2 aromatic heterocycles. The highest BCUT2D eigenvalue weighted by molar-refractivity contribution is 7.09. The minimum Gasteiger partial charge on any atom is -0.469 e. The summed E-state index contributed by atoms with van der Waals surface area (Å²) in [6, 6.07) is 3.77. The maximum atomic E-state index is 10.2. The van der Waals surface area contributed by atoms with Gasteiger partial charge in [0.25, 0.3) is 0 Å². The molecule has 0 unspecified atom stereocenters. The summed E-state index contributed by atoms with van der Waals surface area (Å²) in [6.07, 6.45) is 3.62. The smallest absolute Gasteiger partial charge is 0.125 e. The van der Waals surface area contributed by atoms with Gasteiger partial charge < -0.3 is 9.21 Å². The predicted molar refractivity (Wildman–Crippen MR) is 53.4 cm³/mol. The zero-order valence-electron chi connectivity index (χ0n) is 7.47. The Bertz CT molecular complexity index is 405. The van der Waals surface area contributed by atoms with Crippen LogP contribution >= 0.6 is 11.3 Å². The summed E-state index contributed by atoms with van der Waals surface area (Å²) in [4.78, 5) is 14.5. The van der Waals surface area contributed by atoms with E-state index >= 15 is 0 Å². The summed E-state index contributed by atoms with van der Waals surface area (Å²) in [5.41, 5.74) is 0.839. The largest absolute Gasteiger partial charge is 0.469 e. The van der Waals surface area contributed by atoms with Crippen molar-refractivity contribution in [2.24, 2.45) is 0 Å². The van der Waals surface area contributed by atoms with E-state index in [0.717, 1.165) is 22.7 Å². The summed E-state index contributed by atoms with van der Waals surface area (Å²) >= 11 is 1.56. The van der Waals surface area contributed by atoms with Gasteiger partial charge in [0.2, 0.25) is 0 Å². The SMILES string of the molecule is O=CCc1csc(Cc2ccco2)n1. The van der Waals surface area contributed by atoms with E-state index in [1.54, 1.807) is 17.6 Å². The van der Waals surface area contributed by atoms with Gasteiger partial charge in [-0.15, -0.1) is 11.3 Å². The molecule has 2 rings (SSSR count). The fourth-order valence-corrected chi connectivity index (χ4v) is 1.99. The van der Waals surface area contributed by atoms with Crippen molar-refractivity contribution < 1.29 is 9.21 Å². The summed E-state index contributed by atoms with van der Waals surface area (Å²) in [5.74, 6) is 0.900. The number of carbonyl (C=O) groups is 1. The van der Waals surface area contributed by atoms with Crippen LogP contribution in [0.15, 0.2) is 28.2 Å². The van der Waals surface area contributed by atoms with Crippen molar-refractivity contribution in [1.29, 1.82) is 0 Å². The van der Waals surface area contributed by atoms with Gasteiger partial charge >= 0.3 is 0 Å². The molecule has 2 heterocycles. The summed E-state index contributed by atoms with van der Waals surface area (Å²) in [7, 11) is 0. The maximum Gasteiger partial charge on any atom is 0.125 e. The van der Waals surface area contributed by atoms with Crippen LogP contribution in [0.1, 0.15) is 16.5 Å². The van der Waals surface area contributed by atoms with E-state index in [1.807, 2.05) is 17.5 Å². The Morgan fingerprint density at radius 3 is 3.21 bits per heavy atom. The molecular weight excluding hydrogens is 198 g/mol. The zero-order chi connectivity index (χ0) is 9.80. The Hall–Kier alpha value is -1.42. The normalized spacial score (nSPS) is 10.3. The van der Waals surface area contributed by atoms with Gasteiger partial charge in [0, 0.05) is 11.8 Å². The molecule has 14 heavy (non-hydrogen) atoms. The number of hydrogen-bond donors (Lipinski definition) is 0. The zero-order valence-corrected chi connectivity index (χ0v) is 8.29. The van der Waals surface area contributed by atoms with Crippen molar-refractivity contribution in [3.63, 3.8) is 0 Å². The van der Waals surface area contributed by atoms with E-state index in [4.69, 9.17) is 4.42 Å². The van der Waals surface area contributed by atoms with E-state index in [1.165, 1.54) is 0 Å². The van der Waals surface area contributed by atoms with Crippen molar-refractivity contribution in [1.82, 2.24) is 4.98 Å². The lowest BCUT2D eigenvalue weighted by atomic mass is 10.3. The molecule has 0 atom stereocenters. The quantitative estimate of drug-likeness (QED) is 0.721. The average Bonchev–Trinajstić information content (AvgIpc) is 2.79. The van der Waals surface area contributed by atoms with Crippen LogP contribution in [0.5, 0.6) is 0 Å². The van der Waals surface area contributed by atoms with Crippen molar-refractivity contribution in [2.75, 3.05) is 0 Å². The molecule has 0 aliphatic heterocycles. The van der Waals surface area contributed by atoms with Crippen molar-refractivity contribution in [3.05, 3.63) is 40.2 Å². The molecule has 2 aromatic rings. The molecule has 72 valence electrons. The standard InChI is InChI=1S/C10H9NO2S/c12-4-3-8-7-14-10(11-8)6-9-2-1-5-13-9/h1-2,4-5,7H,3,6H2. The maximum absolute atomic E-state index is 10.2. The van der Waals surface area contributed by atoms with E-state index in [-0.39, 0.29) is 0 Å². The third-order valence-electron chi connectivity index (χ3n) is 1.80. The Balaban J connectivity index is 2.06. The Kier molecular flexibility index (Phi) is 2.74. The molecule has 0 fully saturated rings. The second kappa shape index (κ2) is 4.19. The van der Waals surface area contributed by atoms with Crippen LogP contribution in [-0.2, 0) is 17.6 Å². The molecule has 3 nitrogen and oxygen atoms in total. The molecule has 0 bridgehead atoms. The van der Waals surface area contributed by atoms with E-state index < -0.39 is 0 Å². The van der Waals surface area contributed by atoms with Crippen molar-refractivity contribution in [3.8, 4) is 0 Å². The first-order valence-electron chi connectivity index (χ1n) is 4.28. The molecule has 0 aromatic carbocycles. The number of rotatable bonds is 4. The molecule has 0 spiro atoms. The number of furan rings is 1. The Morgan fingerprint density at radius 1 is 1.57 bits per heavy atom. The number of nitrogens with zero attached hydrogens (tertiary/aromatic N) is 1. The van der Waals surface area contributed by atoms with Crippen LogP contribution < -0.4 is 0 Å². The second-order valence-electron chi connectivity index (χ2n) is 2.86. The van der Waals surface area contributed by atoms with Crippen LogP contribution in [0.2, 0.25) is 0 Å². The van der Waals surface area contributed by atoms with Crippen molar-refractivity contribution in [2.45, 2.75) is 12.8 Å². The van der Waals surface area contributed by atoms with Crippen LogP contribution in [-0.4, -0.2) is 11.3 Å². The van der Waals surface area contributed by atoms with Crippen LogP contribution in [0.3, 0.4) is 0 Å². The highest BCUT2D eigenvalue weighted by Gasteiger charge is 2.04. The molecule has 0 amide bonds. The monoisotopic (exact) mass is 207 g/mol. The molecule has 4 heteroatoms. The van der Waals surface area contributed by atoms with Gasteiger partial charge in [-0.2, -0.15) is 0 Å². The first-order valence-corrected chi connectivity index (χ1v) is 5.16. The first-order chi connectivity index (χ1) is 6.88. The Morgan fingerprint density at radius 2 is 2.50 bits per heavy atom. The molecule has 0 saturated carbocycles. The van der Waals surface area contributed by atoms with Crippen LogP contribution in [0.4, 0.5) is 0 Å². The topological polar surface area (TPSA) is 43.1 Å². The molecular formula is C10H9NO2S. The minimum absolute atomic E-state index is 0.397. The summed E-state index contributed by atoms with van der Waals surface area (Å²) in [5, 5.41) is 2.89. The van der Waals surface area contributed by atoms with Gasteiger partial charge in [-0.3, -0.25) is 0 Å². The molecule has 0 N–H and O–H groups in total. The van der Waals surface area contributed by atoms with E-state index in [0.29, 0.717) is 12.8 Å². The number of thiazole rings is 1. The van der Waals surface area contributed by atoms with E-state index in [9.17, 15) is 4.79 Å². The number of carbonyl (C=O) groups excluding carboxylic acids is 1.